The molecule has 2 aromatic carbocycles. The van der Waals surface area contributed by atoms with Crippen molar-refractivity contribution in [1.82, 2.24) is 10.3 Å². The van der Waals surface area contributed by atoms with Gasteiger partial charge in [0.05, 0.1) is 17.1 Å². The topological polar surface area (TPSA) is 93.5 Å². The van der Waals surface area contributed by atoms with E-state index in [1.807, 2.05) is 19.1 Å². The molecule has 4 aromatic rings. The highest BCUT2D eigenvalue weighted by Gasteiger charge is 2.23. The Morgan fingerprint density at radius 3 is 2.69 bits per heavy atom. The van der Waals surface area contributed by atoms with E-state index >= 15 is 0 Å². The van der Waals surface area contributed by atoms with Gasteiger partial charge in [0.25, 0.3) is 10.0 Å². The molecule has 0 aliphatic heterocycles. The molecule has 4 rings (SSSR count). The third-order valence-electron chi connectivity index (χ3n) is 5.08. The van der Waals surface area contributed by atoms with Crippen molar-refractivity contribution in [3.05, 3.63) is 86.3 Å². The summed E-state index contributed by atoms with van der Waals surface area (Å²) in [5, 5.41) is 5.27. The molecular weight excluding hydrogens is 548 g/mol. The molecule has 0 fully saturated rings. The first-order valence-electron chi connectivity index (χ1n) is 10.8. The fourth-order valence-electron chi connectivity index (χ4n) is 3.41. The lowest BCUT2D eigenvalue weighted by atomic mass is 10.1. The lowest BCUT2D eigenvalue weighted by molar-refractivity contribution is 0.457. The molecule has 0 aliphatic rings. The Morgan fingerprint density at radius 2 is 1.97 bits per heavy atom. The second kappa shape index (κ2) is 11.6. The zero-order chi connectivity index (χ0) is 25.7. The number of sulfonamides is 1. The summed E-state index contributed by atoms with van der Waals surface area (Å²) in [4.78, 5) is 3.24. The smallest absolute Gasteiger partial charge is 0.266 e. The molecule has 2 aromatic heterocycles. The fourth-order valence-corrected chi connectivity index (χ4v) is 5.51. The average Bonchev–Trinajstić information content (AvgIpc) is 3.48. The van der Waals surface area contributed by atoms with Crippen LogP contribution in [0, 0.1) is 12.7 Å². The van der Waals surface area contributed by atoms with Crippen LogP contribution in [0.15, 0.2) is 62.7 Å². The van der Waals surface area contributed by atoms with Crippen LogP contribution >= 0.6 is 34.5 Å². The summed E-state index contributed by atoms with van der Waals surface area (Å²) in [7, 11) is -4.23. The molecule has 0 atom stereocenters. The van der Waals surface area contributed by atoms with Crippen molar-refractivity contribution < 1.29 is 22.0 Å². The number of nitrogens with zero attached hydrogens (tertiary/aromatic N) is 1. The molecule has 0 saturated heterocycles. The Morgan fingerprint density at radius 1 is 1.14 bits per heavy atom. The van der Waals surface area contributed by atoms with Crippen molar-refractivity contribution in [1.29, 1.82) is 0 Å². The van der Waals surface area contributed by atoms with Crippen molar-refractivity contribution in [2.24, 2.45) is 0 Å². The Hall–Kier alpha value is -2.63. The molecule has 190 valence electrons. The van der Waals surface area contributed by atoms with Gasteiger partial charge in [0.15, 0.2) is 5.82 Å². The maximum Gasteiger partial charge on any atom is 0.266 e. The average molecular weight is 570 g/mol. The van der Waals surface area contributed by atoms with Gasteiger partial charge in [-0.3, -0.25) is 4.72 Å². The van der Waals surface area contributed by atoms with E-state index in [4.69, 9.17) is 32.4 Å². The SMILES string of the molecule is Cc1ccc(CNCCCc2cc(Cl)ccc2Oc2cc(F)c(S(=O)(=O)Nc3cscn3)cc2Cl)o1. The Labute approximate surface area is 222 Å². The van der Waals surface area contributed by atoms with Gasteiger partial charge in [0.2, 0.25) is 0 Å². The van der Waals surface area contributed by atoms with Gasteiger partial charge in [-0.2, -0.15) is 0 Å². The van der Waals surface area contributed by atoms with E-state index in [-0.39, 0.29) is 16.6 Å². The van der Waals surface area contributed by atoms with E-state index in [0.717, 1.165) is 42.2 Å². The van der Waals surface area contributed by atoms with Gasteiger partial charge in [-0.15, -0.1) is 11.3 Å². The van der Waals surface area contributed by atoms with Crippen LogP contribution < -0.4 is 14.8 Å². The molecule has 7 nitrogen and oxygen atoms in total. The number of furan rings is 1. The summed E-state index contributed by atoms with van der Waals surface area (Å²) in [5.41, 5.74) is 2.26. The first kappa shape index (κ1) is 26.4. The molecule has 36 heavy (non-hydrogen) atoms. The molecule has 2 N–H and O–H groups in total. The standard InChI is InChI=1S/C24H22Cl2FN3O4S2/c1-15-4-6-18(33-15)12-28-8-2-3-16-9-17(25)5-7-21(16)34-22-11-20(27)23(10-19(22)26)36(31,32)30-24-13-35-14-29-24/h4-7,9-11,13-14,28,30H,2-3,8,12H2,1H3. The van der Waals surface area contributed by atoms with Crippen molar-refractivity contribution in [2.75, 3.05) is 11.3 Å². The molecule has 0 radical (unpaired) electrons. The number of ether oxygens (including phenoxy) is 1. The molecule has 0 unspecified atom stereocenters. The van der Waals surface area contributed by atoms with E-state index in [2.05, 4.69) is 15.0 Å². The van der Waals surface area contributed by atoms with Crippen molar-refractivity contribution in [3.8, 4) is 11.5 Å². The predicted octanol–water partition coefficient (Wildman–Crippen LogP) is 6.81. The molecule has 0 aliphatic carbocycles. The number of nitrogens with one attached hydrogen (secondary N) is 2. The fraction of sp³-hybridized carbons (Fsp3) is 0.208. The van der Waals surface area contributed by atoms with E-state index in [0.29, 0.717) is 23.7 Å². The Bertz CT molecular complexity index is 1440. The largest absolute Gasteiger partial charge is 0.465 e. The monoisotopic (exact) mass is 569 g/mol. The molecular formula is C24H22Cl2FN3O4S2. The van der Waals surface area contributed by atoms with Crippen LogP contribution in [0.25, 0.3) is 0 Å². The molecule has 2 heterocycles. The zero-order valence-corrected chi connectivity index (χ0v) is 22.2. The van der Waals surface area contributed by atoms with E-state index in [1.54, 1.807) is 18.2 Å². The van der Waals surface area contributed by atoms with Gasteiger partial charge in [-0.25, -0.2) is 17.8 Å². The molecule has 0 saturated carbocycles. The maximum absolute atomic E-state index is 14.8. The first-order valence-corrected chi connectivity index (χ1v) is 14.0. The number of thiazole rings is 1. The van der Waals surface area contributed by atoms with Crippen LogP contribution in [0.4, 0.5) is 10.2 Å². The van der Waals surface area contributed by atoms with Crippen LogP contribution in [-0.2, 0) is 23.0 Å². The van der Waals surface area contributed by atoms with E-state index < -0.39 is 20.7 Å². The van der Waals surface area contributed by atoms with Crippen molar-refractivity contribution in [3.63, 3.8) is 0 Å². The predicted molar refractivity (Wildman–Crippen MR) is 139 cm³/mol. The summed E-state index contributed by atoms with van der Waals surface area (Å²) < 4.78 is 53.7. The second-order valence-electron chi connectivity index (χ2n) is 7.84. The van der Waals surface area contributed by atoms with Crippen LogP contribution in [0.1, 0.15) is 23.5 Å². The summed E-state index contributed by atoms with van der Waals surface area (Å²) in [6, 6.07) is 10.9. The molecule has 0 bridgehead atoms. The Balaban J connectivity index is 1.44. The summed E-state index contributed by atoms with van der Waals surface area (Å²) >= 11 is 13.7. The van der Waals surface area contributed by atoms with Crippen LogP contribution in [0.2, 0.25) is 10.0 Å². The quantitative estimate of drug-likeness (QED) is 0.193. The number of hydrogen-bond acceptors (Lipinski definition) is 7. The van der Waals surface area contributed by atoms with Gasteiger partial charge < -0.3 is 14.5 Å². The van der Waals surface area contributed by atoms with Gasteiger partial charge in [-0.1, -0.05) is 23.2 Å². The van der Waals surface area contributed by atoms with E-state index in [1.165, 1.54) is 22.2 Å². The number of benzene rings is 2. The zero-order valence-electron chi connectivity index (χ0n) is 19.1. The molecule has 0 amide bonds. The number of aromatic nitrogens is 1. The number of halogens is 3. The highest BCUT2D eigenvalue weighted by atomic mass is 35.5. The summed E-state index contributed by atoms with van der Waals surface area (Å²) in [6.07, 6.45) is 1.40. The summed E-state index contributed by atoms with van der Waals surface area (Å²) in [5.74, 6) is 1.24. The van der Waals surface area contributed by atoms with Crippen molar-refractivity contribution in [2.45, 2.75) is 31.2 Å². The lowest BCUT2D eigenvalue weighted by Crippen LogP contribution is -2.15. The van der Waals surface area contributed by atoms with Crippen LogP contribution in [0.5, 0.6) is 11.5 Å². The normalized spacial score (nSPS) is 11.6. The first-order chi connectivity index (χ1) is 17.2. The van der Waals surface area contributed by atoms with Gasteiger partial charge in [0.1, 0.15) is 33.7 Å². The number of hydrogen-bond donors (Lipinski definition) is 2. The Kier molecular flexibility index (Phi) is 8.53. The number of aryl methyl sites for hydroxylation is 2. The summed E-state index contributed by atoms with van der Waals surface area (Å²) in [6.45, 7) is 3.24. The van der Waals surface area contributed by atoms with Gasteiger partial charge in [-0.05, 0) is 68.3 Å². The number of rotatable bonds is 11. The minimum absolute atomic E-state index is 0.0170. The van der Waals surface area contributed by atoms with Gasteiger partial charge >= 0.3 is 0 Å². The second-order valence-corrected chi connectivity index (χ2v) is 11.1. The lowest BCUT2D eigenvalue weighted by Gasteiger charge is -2.14. The highest BCUT2D eigenvalue weighted by molar-refractivity contribution is 7.92. The van der Waals surface area contributed by atoms with Crippen LogP contribution in [-0.4, -0.2) is 19.9 Å². The molecule has 12 heteroatoms. The molecule has 0 spiro atoms. The maximum atomic E-state index is 14.8. The third-order valence-corrected chi connectivity index (χ3v) is 7.57. The van der Waals surface area contributed by atoms with Gasteiger partial charge in [0, 0.05) is 16.5 Å². The minimum atomic E-state index is -4.23. The minimum Gasteiger partial charge on any atom is -0.465 e. The van der Waals surface area contributed by atoms with Crippen LogP contribution in [0.3, 0.4) is 0 Å². The third kappa shape index (κ3) is 6.77. The highest BCUT2D eigenvalue weighted by Crippen LogP contribution is 2.36. The van der Waals surface area contributed by atoms with Crippen molar-refractivity contribution >= 4 is 50.4 Å². The number of anilines is 1. The van der Waals surface area contributed by atoms with E-state index in [9.17, 15) is 12.8 Å².